The van der Waals surface area contributed by atoms with Crippen molar-refractivity contribution in [1.29, 1.82) is 0 Å². The predicted molar refractivity (Wildman–Crippen MR) is 130 cm³/mol. The summed E-state index contributed by atoms with van der Waals surface area (Å²) in [5.41, 5.74) is 1.71. The van der Waals surface area contributed by atoms with Crippen LogP contribution in [0.25, 0.3) is 0 Å². The Hall–Kier alpha value is -4.18. The van der Waals surface area contributed by atoms with Crippen molar-refractivity contribution >= 4 is 33.6 Å². The molecule has 35 heavy (non-hydrogen) atoms. The molecular formula is C25H25N3O6S. The van der Waals surface area contributed by atoms with E-state index in [1.807, 2.05) is 6.92 Å². The molecule has 0 saturated carbocycles. The van der Waals surface area contributed by atoms with Crippen LogP contribution in [0, 0.1) is 6.92 Å². The van der Waals surface area contributed by atoms with Gasteiger partial charge < -0.3 is 10.1 Å². The molecule has 0 aliphatic rings. The fourth-order valence-corrected chi connectivity index (χ4v) is 4.39. The van der Waals surface area contributed by atoms with Gasteiger partial charge in [-0.15, -0.1) is 0 Å². The maximum absolute atomic E-state index is 13.2. The lowest BCUT2D eigenvalue weighted by Gasteiger charge is -2.20. The summed E-state index contributed by atoms with van der Waals surface area (Å²) in [6.45, 7) is 1.89. The summed E-state index contributed by atoms with van der Waals surface area (Å²) in [4.78, 5) is 37.0. The zero-order chi connectivity index (χ0) is 25.6. The summed E-state index contributed by atoms with van der Waals surface area (Å²) in [7, 11) is -1.23. The molecule has 182 valence electrons. The van der Waals surface area contributed by atoms with E-state index in [1.165, 1.54) is 38.4 Å². The molecule has 0 saturated heterocycles. The molecule has 3 rings (SSSR count). The van der Waals surface area contributed by atoms with E-state index in [2.05, 4.69) is 10.6 Å². The second-order valence-corrected chi connectivity index (χ2v) is 9.57. The van der Waals surface area contributed by atoms with Gasteiger partial charge in [0.25, 0.3) is 15.9 Å². The number of aryl methyl sites for hydroxylation is 1. The van der Waals surface area contributed by atoms with Crippen LogP contribution in [-0.2, 0) is 19.6 Å². The highest BCUT2D eigenvalue weighted by Gasteiger charge is 2.28. The first kappa shape index (κ1) is 25.4. The largest absolute Gasteiger partial charge is 0.444 e. The number of nitrogens with one attached hydrogen (secondary N) is 2. The number of hydrogen-bond donors (Lipinski definition) is 2. The van der Waals surface area contributed by atoms with Gasteiger partial charge in [-0.2, -0.15) is 0 Å². The maximum atomic E-state index is 13.2. The third-order valence-corrected chi connectivity index (χ3v) is 6.94. The highest BCUT2D eigenvalue weighted by Crippen LogP contribution is 2.25. The van der Waals surface area contributed by atoms with E-state index in [4.69, 9.17) is 4.74 Å². The van der Waals surface area contributed by atoms with Crippen molar-refractivity contribution in [3.63, 3.8) is 0 Å². The van der Waals surface area contributed by atoms with Gasteiger partial charge in [0.05, 0.1) is 16.1 Å². The molecule has 0 unspecified atom stereocenters. The van der Waals surface area contributed by atoms with Crippen LogP contribution in [0.1, 0.15) is 27.6 Å². The molecule has 0 aliphatic heterocycles. The smallest absolute Gasteiger partial charge is 0.339 e. The van der Waals surface area contributed by atoms with Crippen molar-refractivity contribution in [2.24, 2.45) is 0 Å². The van der Waals surface area contributed by atoms with Crippen LogP contribution >= 0.6 is 0 Å². The first-order chi connectivity index (χ1) is 16.6. The molecule has 0 spiro atoms. The fraction of sp³-hybridized carbons (Fsp3) is 0.160. The molecule has 10 heteroatoms. The van der Waals surface area contributed by atoms with E-state index in [-0.39, 0.29) is 10.5 Å². The number of esters is 1. The minimum Gasteiger partial charge on any atom is -0.444 e. The summed E-state index contributed by atoms with van der Waals surface area (Å²) in [5, 5.41) is 4.34. The van der Waals surface area contributed by atoms with Crippen molar-refractivity contribution < 1.29 is 27.5 Å². The lowest BCUT2D eigenvalue weighted by molar-refractivity contribution is -0.129. The van der Waals surface area contributed by atoms with E-state index >= 15 is 0 Å². The van der Waals surface area contributed by atoms with Crippen LogP contribution in [0.3, 0.4) is 0 Å². The zero-order valence-corrected chi connectivity index (χ0v) is 20.2. The van der Waals surface area contributed by atoms with Gasteiger partial charge >= 0.3 is 12.0 Å². The molecule has 9 nitrogen and oxygen atoms in total. The Morgan fingerprint density at radius 1 is 0.914 bits per heavy atom. The third-order valence-electron chi connectivity index (χ3n) is 5.15. The second-order valence-electron chi connectivity index (χ2n) is 7.60. The summed E-state index contributed by atoms with van der Waals surface area (Å²) < 4.78 is 32.9. The van der Waals surface area contributed by atoms with Gasteiger partial charge in [0.2, 0.25) is 6.10 Å². The highest BCUT2D eigenvalue weighted by molar-refractivity contribution is 7.92. The predicted octanol–water partition coefficient (Wildman–Crippen LogP) is 3.17. The van der Waals surface area contributed by atoms with Gasteiger partial charge in [-0.05, 0) is 37.3 Å². The first-order valence-electron chi connectivity index (χ1n) is 10.6. The number of imide groups is 1. The van der Waals surface area contributed by atoms with Gasteiger partial charge in [-0.1, -0.05) is 54.1 Å². The molecule has 3 amide bonds. The minimum absolute atomic E-state index is 0.0722. The average molecular weight is 496 g/mol. The number of ether oxygens (including phenoxy) is 1. The van der Waals surface area contributed by atoms with Crippen LogP contribution < -0.4 is 14.9 Å². The summed E-state index contributed by atoms with van der Waals surface area (Å²) >= 11 is 0. The maximum Gasteiger partial charge on any atom is 0.339 e. The number of hydrogen-bond acceptors (Lipinski definition) is 6. The van der Waals surface area contributed by atoms with Gasteiger partial charge in [0.1, 0.15) is 0 Å². The molecule has 0 fully saturated rings. The Balaban J connectivity index is 1.88. The monoisotopic (exact) mass is 495 g/mol. The number of anilines is 1. The SMILES string of the molecule is CNC(=O)NC(=O)[C@H](OC(=O)c1cccc(S(=O)(=O)N(C)c2ccc(C)cc2)c1)c1ccccc1. The van der Waals surface area contributed by atoms with E-state index in [0.717, 1.165) is 9.87 Å². The van der Waals surface area contributed by atoms with Crippen molar-refractivity contribution in [1.82, 2.24) is 10.6 Å². The molecule has 0 heterocycles. The molecule has 0 aliphatic carbocycles. The highest BCUT2D eigenvalue weighted by atomic mass is 32.2. The van der Waals surface area contributed by atoms with Crippen molar-refractivity contribution in [3.8, 4) is 0 Å². The minimum atomic E-state index is -3.98. The van der Waals surface area contributed by atoms with E-state index in [1.54, 1.807) is 54.6 Å². The topological polar surface area (TPSA) is 122 Å². The number of carbonyl (C=O) groups excluding carboxylic acids is 3. The van der Waals surface area contributed by atoms with Gasteiger partial charge in [0.15, 0.2) is 0 Å². The number of nitrogens with zero attached hydrogens (tertiary/aromatic N) is 1. The number of rotatable bonds is 7. The zero-order valence-electron chi connectivity index (χ0n) is 19.4. The lowest BCUT2D eigenvalue weighted by atomic mass is 10.1. The molecule has 1 atom stereocenters. The lowest BCUT2D eigenvalue weighted by Crippen LogP contribution is -2.41. The number of sulfonamides is 1. The molecule has 2 N–H and O–H groups in total. The molecule has 3 aromatic carbocycles. The van der Waals surface area contributed by atoms with E-state index in [9.17, 15) is 22.8 Å². The third kappa shape index (κ3) is 6.04. The molecule has 0 aromatic heterocycles. The summed E-state index contributed by atoms with van der Waals surface area (Å²) in [6.07, 6.45) is -1.43. The number of urea groups is 1. The van der Waals surface area contributed by atoms with Gasteiger partial charge in [0, 0.05) is 19.7 Å². The van der Waals surface area contributed by atoms with E-state index < -0.39 is 34.0 Å². The van der Waals surface area contributed by atoms with Crippen molar-refractivity contribution in [3.05, 3.63) is 95.6 Å². The van der Waals surface area contributed by atoms with Crippen LogP contribution in [0.15, 0.2) is 83.8 Å². The Morgan fingerprint density at radius 2 is 1.57 bits per heavy atom. The second kappa shape index (κ2) is 10.8. The number of carbonyl (C=O) groups is 3. The van der Waals surface area contributed by atoms with Crippen molar-refractivity contribution in [2.45, 2.75) is 17.9 Å². The molecule has 3 aromatic rings. The Kier molecular flexibility index (Phi) is 7.87. The summed E-state index contributed by atoms with van der Waals surface area (Å²) in [5.74, 6) is -1.78. The summed E-state index contributed by atoms with van der Waals surface area (Å²) in [6, 6.07) is 19.7. The molecule has 0 radical (unpaired) electrons. The standard InChI is InChI=1S/C25H25N3O6S/c1-17-12-14-20(15-13-17)28(3)35(32,33)21-11-7-10-19(16-21)24(30)34-22(18-8-5-4-6-9-18)23(29)27-25(31)26-2/h4-16,22H,1-3H3,(H2,26,27,29,31)/t22-/m1/s1. The fourth-order valence-electron chi connectivity index (χ4n) is 3.15. The van der Waals surface area contributed by atoms with E-state index in [0.29, 0.717) is 11.3 Å². The number of benzene rings is 3. The Labute approximate surface area is 203 Å². The molecular weight excluding hydrogens is 470 g/mol. The quantitative estimate of drug-likeness (QED) is 0.486. The average Bonchev–Trinajstić information content (AvgIpc) is 2.87. The molecule has 0 bridgehead atoms. The van der Waals surface area contributed by atoms with Gasteiger partial charge in [-0.3, -0.25) is 14.4 Å². The van der Waals surface area contributed by atoms with Crippen LogP contribution in [0.5, 0.6) is 0 Å². The number of amides is 3. The Bertz CT molecular complexity index is 1320. The van der Waals surface area contributed by atoms with Crippen molar-refractivity contribution in [2.75, 3.05) is 18.4 Å². The van der Waals surface area contributed by atoms with Crippen LogP contribution in [-0.4, -0.2) is 40.4 Å². The Morgan fingerprint density at radius 3 is 2.20 bits per heavy atom. The van der Waals surface area contributed by atoms with Crippen LogP contribution in [0.2, 0.25) is 0 Å². The normalized spacial score (nSPS) is 11.7. The van der Waals surface area contributed by atoms with Gasteiger partial charge in [-0.25, -0.2) is 18.0 Å². The van der Waals surface area contributed by atoms with Crippen LogP contribution in [0.4, 0.5) is 10.5 Å². The first-order valence-corrected chi connectivity index (χ1v) is 12.0.